The fourth-order valence-electron chi connectivity index (χ4n) is 2.55. The number of nitrogens with one attached hydrogen (secondary N) is 2. The van der Waals surface area contributed by atoms with Crippen LogP contribution in [0.4, 0.5) is 15.8 Å². The van der Waals surface area contributed by atoms with Gasteiger partial charge >= 0.3 is 0 Å². The lowest BCUT2D eigenvalue weighted by Crippen LogP contribution is -2.14. The lowest BCUT2D eigenvalue weighted by atomic mass is 10.2. The van der Waals surface area contributed by atoms with Gasteiger partial charge in [0.15, 0.2) is 0 Å². The highest BCUT2D eigenvalue weighted by molar-refractivity contribution is 6.05. The highest BCUT2D eigenvalue weighted by Crippen LogP contribution is 2.21. The molecule has 6 nitrogen and oxygen atoms in total. The molecule has 26 heavy (non-hydrogen) atoms. The van der Waals surface area contributed by atoms with Crippen molar-refractivity contribution < 1.29 is 14.0 Å². The molecular weight excluding hydrogens is 335 g/mol. The number of carbonyl (C=O) groups excluding carboxylic acids is 2. The maximum atomic E-state index is 13.7. The van der Waals surface area contributed by atoms with Crippen LogP contribution in [-0.4, -0.2) is 21.6 Å². The first-order valence-corrected chi connectivity index (χ1v) is 7.94. The molecule has 0 radical (unpaired) electrons. The largest absolute Gasteiger partial charge is 0.324 e. The molecule has 1 heterocycles. The van der Waals surface area contributed by atoms with Gasteiger partial charge in [-0.05, 0) is 37.3 Å². The Bertz CT molecular complexity index is 967. The molecule has 0 bridgehead atoms. The van der Waals surface area contributed by atoms with Crippen LogP contribution in [0.25, 0.3) is 5.69 Å². The molecule has 3 rings (SSSR count). The molecule has 3 aromatic rings. The van der Waals surface area contributed by atoms with Crippen molar-refractivity contribution in [2.24, 2.45) is 0 Å². The van der Waals surface area contributed by atoms with E-state index in [1.165, 1.54) is 31.3 Å². The average Bonchev–Trinajstić information content (AvgIpc) is 3.00. The molecule has 7 heteroatoms. The second-order valence-electron chi connectivity index (χ2n) is 5.72. The van der Waals surface area contributed by atoms with Gasteiger partial charge in [0.2, 0.25) is 5.91 Å². The SMILES string of the molecule is CC(=O)Nc1cc(NC(=O)c2cnn(-c3ccccc3)c2C)ccc1F. The first kappa shape index (κ1) is 17.3. The zero-order chi connectivity index (χ0) is 18.7. The Morgan fingerprint density at radius 3 is 2.50 bits per heavy atom. The minimum Gasteiger partial charge on any atom is -0.324 e. The molecule has 1 aromatic heterocycles. The van der Waals surface area contributed by atoms with Crippen LogP contribution in [0, 0.1) is 12.7 Å². The molecule has 132 valence electrons. The summed E-state index contributed by atoms with van der Waals surface area (Å²) in [5, 5.41) is 9.33. The van der Waals surface area contributed by atoms with E-state index in [0.29, 0.717) is 16.9 Å². The van der Waals surface area contributed by atoms with Gasteiger partial charge in [0, 0.05) is 12.6 Å². The lowest BCUT2D eigenvalue weighted by molar-refractivity contribution is -0.114. The zero-order valence-electron chi connectivity index (χ0n) is 14.3. The summed E-state index contributed by atoms with van der Waals surface area (Å²) in [7, 11) is 0. The second-order valence-corrected chi connectivity index (χ2v) is 5.72. The summed E-state index contributed by atoms with van der Waals surface area (Å²) in [6.07, 6.45) is 1.48. The number of hydrogen-bond acceptors (Lipinski definition) is 3. The average molecular weight is 352 g/mol. The van der Waals surface area contributed by atoms with Crippen LogP contribution >= 0.6 is 0 Å². The number of carbonyl (C=O) groups is 2. The van der Waals surface area contributed by atoms with Crippen molar-refractivity contribution in [2.45, 2.75) is 13.8 Å². The fraction of sp³-hybridized carbons (Fsp3) is 0.105. The summed E-state index contributed by atoms with van der Waals surface area (Å²) in [5.74, 6) is -1.34. The van der Waals surface area contributed by atoms with Crippen molar-refractivity contribution in [3.05, 3.63) is 71.8 Å². The van der Waals surface area contributed by atoms with Gasteiger partial charge in [-0.3, -0.25) is 9.59 Å². The summed E-state index contributed by atoms with van der Waals surface area (Å²) in [5.41, 5.74) is 2.30. The molecule has 0 aliphatic carbocycles. The highest BCUT2D eigenvalue weighted by Gasteiger charge is 2.16. The quantitative estimate of drug-likeness (QED) is 0.754. The lowest BCUT2D eigenvalue weighted by Gasteiger charge is -2.09. The molecule has 0 spiro atoms. The van der Waals surface area contributed by atoms with Gasteiger partial charge in [0.25, 0.3) is 5.91 Å². The van der Waals surface area contributed by atoms with Crippen LogP contribution in [0.1, 0.15) is 23.0 Å². The molecule has 0 aliphatic rings. The van der Waals surface area contributed by atoms with Crippen LogP contribution in [0.3, 0.4) is 0 Å². The standard InChI is InChI=1S/C19H17FN4O2/c1-12-16(11-21-24(12)15-6-4-3-5-7-15)19(26)23-14-8-9-17(20)18(10-14)22-13(2)25/h3-11H,1-2H3,(H,22,25)(H,23,26). The van der Waals surface area contributed by atoms with Gasteiger partial charge in [-0.25, -0.2) is 9.07 Å². The van der Waals surface area contributed by atoms with Crippen molar-refractivity contribution in [3.63, 3.8) is 0 Å². The van der Waals surface area contributed by atoms with Gasteiger partial charge < -0.3 is 10.6 Å². The Morgan fingerprint density at radius 1 is 1.08 bits per heavy atom. The Morgan fingerprint density at radius 2 is 1.81 bits per heavy atom. The third-order valence-corrected chi connectivity index (χ3v) is 3.79. The Hall–Kier alpha value is -3.48. The van der Waals surface area contributed by atoms with Crippen LogP contribution in [0.5, 0.6) is 0 Å². The van der Waals surface area contributed by atoms with Gasteiger partial charge in [-0.15, -0.1) is 0 Å². The predicted molar refractivity (Wildman–Crippen MR) is 97.0 cm³/mol. The smallest absolute Gasteiger partial charge is 0.259 e. The van der Waals surface area contributed by atoms with Crippen molar-refractivity contribution >= 4 is 23.2 Å². The van der Waals surface area contributed by atoms with E-state index in [1.807, 2.05) is 30.3 Å². The third-order valence-electron chi connectivity index (χ3n) is 3.79. The van der Waals surface area contributed by atoms with Crippen molar-refractivity contribution in [2.75, 3.05) is 10.6 Å². The van der Waals surface area contributed by atoms with Crippen molar-refractivity contribution in [3.8, 4) is 5.69 Å². The molecular formula is C19H17FN4O2. The van der Waals surface area contributed by atoms with Gasteiger partial charge in [-0.2, -0.15) is 5.10 Å². The molecule has 2 aromatic carbocycles. The number of aromatic nitrogens is 2. The second kappa shape index (κ2) is 7.18. The zero-order valence-corrected chi connectivity index (χ0v) is 14.3. The fourth-order valence-corrected chi connectivity index (χ4v) is 2.55. The van der Waals surface area contributed by atoms with Crippen LogP contribution < -0.4 is 10.6 Å². The Balaban J connectivity index is 1.83. The Labute approximate surface area is 149 Å². The molecule has 0 saturated carbocycles. The molecule has 0 saturated heterocycles. The van der Waals surface area contributed by atoms with Crippen LogP contribution in [-0.2, 0) is 4.79 Å². The number of benzene rings is 2. The van der Waals surface area contributed by atoms with E-state index >= 15 is 0 Å². The summed E-state index contributed by atoms with van der Waals surface area (Å²) in [4.78, 5) is 23.7. The minimum absolute atomic E-state index is 0.00648. The molecule has 0 fully saturated rings. The number of halogens is 1. The van der Waals surface area contributed by atoms with Gasteiger partial charge in [-0.1, -0.05) is 18.2 Å². The summed E-state index contributed by atoms with van der Waals surface area (Å²) in [6.45, 7) is 3.08. The molecule has 0 atom stereocenters. The van der Waals surface area contributed by atoms with E-state index in [9.17, 15) is 14.0 Å². The number of nitrogens with zero attached hydrogens (tertiary/aromatic N) is 2. The normalized spacial score (nSPS) is 10.4. The van der Waals surface area contributed by atoms with E-state index in [1.54, 1.807) is 11.6 Å². The van der Waals surface area contributed by atoms with E-state index < -0.39 is 11.7 Å². The van der Waals surface area contributed by atoms with Crippen LogP contribution in [0.2, 0.25) is 0 Å². The molecule has 2 N–H and O–H groups in total. The number of para-hydroxylation sites is 1. The van der Waals surface area contributed by atoms with E-state index in [2.05, 4.69) is 15.7 Å². The summed E-state index contributed by atoms with van der Waals surface area (Å²) in [6, 6.07) is 13.4. The van der Waals surface area contributed by atoms with Gasteiger partial charge in [0.1, 0.15) is 5.82 Å². The third kappa shape index (κ3) is 3.61. The maximum absolute atomic E-state index is 13.7. The molecule has 0 unspecified atom stereocenters. The number of anilines is 2. The first-order valence-electron chi connectivity index (χ1n) is 7.94. The Kier molecular flexibility index (Phi) is 4.79. The van der Waals surface area contributed by atoms with E-state index in [0.717, 1.165) is 5.69 Å². The van der Waals surface area contributed by atoms with Crippen molar-refractivity contribution in [1.82, 2.24) is 9.78 Å². The monoisotopic (exact) mass is 352 g/mol. The molecule has 0 aliphatic heterocycles. The topological polar surface area (TPSA) is 76.0 Å². The minimum atomic E-state index is -0.578. The number of rotatable bonds is 4. The highest BCUT2D eigenvalue weighted by atomic mass is 19.1. The number of amides is 2. The molecule has 2 amide bonds. The van der Waals surface area contributed by atoms with E-state index in [4.69, 9.17) is 0 Å². The maximum Gasteiger partial charge on any atom is 0.259 e. The van der Waals surface area contributed by atoms with Gasteiger partial charge in [0.05, 0.1) is 28.8 Å². The summed E-state index contributed by atoms with van der Waals surface area (Å²) < 4.78 is 15.4. The number of hydrogen-bond donors (Lipinski definition) is 2. The first-order chi connectivity index (χ1) is 12.5. The predicted octanol–water partition coefficient (Wildman–Crippen LogP) is 3.53. The van der Waals surface area contributed by atoms with Crippen LogP contribution in [0.15, 0.2) is 54.7 Å². The summed E-state index contributed by atoms with van der Waals surface area (Å²) >= 11 is 0. The van der Waals surface area contributed by atoms with Crippen molar-refractivity contribution in [1.29, 1.82) is 0 Å². The van der Waals surface area contributed by atoms with E-state index in [-0.39, 0.29) is 11.6 Å².